The van der Waals surface area contributed by atoms with Gasteiger partial charge in [0.1, 0.15) is 5.84 Å². The van der Waals surface area contributed by atoms with Gasteiger partial charge in [-0.25, -0.2) is 5.01 Å². The summed E-state index contributed by atoms with van der Waals surface area (Å²) in [5.74, 6) is 0.888. The molecular formula is C13H23N3O. The minimum Gasteiger partial charge on any atom is -0.295 e. The SMILES string of the molecule is CCC/C(C)=N\N(C/C=C/C(C)=O)/C(C)=N\C. The van der Waals surface area contributed by atoms with Gasteiger partial charge in [-0.3, -0.25) is 9.79 Å². The third-order valence-corrected chi connectivity index (χ3v) is 2.23. The van der Waals surface area contributed by atoms with E-state index in [9.17, 15) is 4.79 Å². The Morgan fingerprint density at radius 3 is 2.41 bits per heavy atom. The molecule has 0 N–H and O–H groups in total. The van der Waals surface area contributed by atoms with Crippen LogP contribution in [0.3, 0.4) is 0 Å². The van der Waals surface area contributed by atoms with Crippen molar-refractivity contribution < 1.29 is 4.79 Å². The second-order valence-corrected chi connectivity index (χ2v) is 3.95. The second kappa shape index (κ2) is 8.67. The summed E-state index contributed by atoms with van der Waals surface area (Å²) in [5, 5.41) is 6.30. The van der Waals surface area contributed by atoms with E-state index in [2.05, 4.69) is 17.0 Å². The molecule has 0 spiro atoms. The number of carbonyl (C=O) groups is 1. The molecule has 0 rings (SSSR count). The summed E-state index contributed by atoms with van der Waals surface area (Å²) >= 11 is 0. The van der Waals surface area contributed by atoms with Crippen LogP contribution in [0.25, 0.3) is 0 Å². The highest BCUT2D eigenvalue weighted by Crippen LogP contribution is 1.99. The number of rotatable bonds is 6. The molecule has 0 saturated heterocycles. The molecule has 0 aromatic heterocycles. The molecule has 17 heavy (non-hydrogen) atoms. The number of hydrogen-bond donors (Lipinski definition) is 0. The molecule has 0 aliphatic heterocycles. The quantitative estimate of drug-likeness (QED) is 0.308. The van der Waals surface area contributed by atoms with Crippen molar-refractivity contribution in [3.63, 3.8) is 0 Å². The molecule has 0 aliphatic carbocycles. The van der Waals surface area contributed by atoms with Crippen LogP contribution in [0.2, 0.25) is 0 Å². The van der Waals surface area contributed by atoms with Crippen molar-refractivity contribution in [2.45, 2.75) is 40.5 Å². The fourth-order valence-electron chi connectivity index (χ4n) is 1.30. The summed E-state index contributed by atoms with van der Waals surface area (Å²) in [4.78, 5) is 14.9. The molecule has 0 atom stereocenters. The summed E-state index contributed by atoms with van der Waals surface area (Å²) in [5.41, 5.74) is 1.08. The van der Waals surface area contributed by atoms with Crippen LogP contribution in [0.1, 0.15) is 40.5 Å². The van der Waals surface area contributed by atoms with Crippen molar-refractivity contribution in [1.29, 1.82) is 0 Å². The summed E-state index contributed by atoms with van der Waals surface area (Å²) in [6.07, 6.45) is 5.42. The standard InChI is InChI=1S/C13H23N3O/c1-6-8-11(2)15-16(13(4)14-5)10-7-9-12(3)17/h7,9H,6,8,10H2,1-5H3/b9-7+,14-13-,15-11-. The lowest BCUT2D eigenvalue weighted by Crippen LogP contribution is -2.25. The lowest BCUT2D eigenvalue weighted by Gasteiger charge is -2.17. The van der Waals surface area contributed by atoms with Crippen LogP contribution < -0.4 is 0 Å². The van der Waals surface area contributed by atoms with Gasteiger partial charge in [-0.1, -0.05) is 19.4 Å². The first-order chi connectivity index (χ1) is 8.01. The highest BCUT2D eigenvalue weighted by atomic mass is 16.1. The van der Waals surface area contributed by atoms with Gasteiger partial charge in [0, 0.05) is 12.8 Å². The molecule has 0 heterocycles. The summed E-state index contributed by atoms with van der Waals surface area (Å²) in [7, 11) is 1.74. The predicted octanol–water partition coefficient (Wildman–Crippen LogP) is 2.66. The minimum atomic E-state index is 0.0466. The third kappa shape index (κ3) is 7.44. The van der Waals surface area contributed by atoms with Crippen molar-refractivity contribution in [3.05, 3.63) is 12.2 Å². The van der Waals surface area contributed by atoms with Crippen molar-refractivity contribution in [3.8, 4) is 0 Å². The molecule has 0 aromatic carbocycles. The first-order valence-electron chi connectivity index (χ1n) is 5.93. The molecule has 0 amide bonds. The fraction of sp³-hybridized carbons (Fsp3) is 0.615. The Morgan fingerprint density at radius 1 is 1.29 bits per heavy atom. The maximum Gasteiger partial charge on any atom is 0.152 e. The number of ketones is 1. The number of carbonyl (C=O) groups excluding carboxylic acids is 1. The molecule has 0 unspecified atom stereocenters. The Kier molecular flexibility index (Phi) is 7.93. The number of hydrogen-bond acceptors (Lipinski definition) is 3. The zero-order valence-electron chi connectivity index (χ0n) is 11.5. The highest BCUT2D eigenvalue weighted by Gasteiger charge is 2.03. The molecule has 0 aromatic rings. The smallest absolute Gasteiger partial charge is 0.152 e. The number of hydrazone groups is 1. The number of amidine groups is 1. The van der Waals surface area contributed by atoms with Crippen LogP contribution in [0.5, 0.6) is 0 Å². The third-order valence-electron chi connectivity index (χ3n) is 2.23. The van der Waals surface area contributed by atoms with E-state index in [4.69, 9.17) is 0 Å². The highest BCUT2D eigenvalue weighted by molar-refractivity contribution is 5.87. The van der Waals surface area contributed by atoms with Crippen LogP contribution in [-0.2, 0) is 4.79 Å². The van der Waals surface area contributed by atoms with Gasteiger partial charge < -0.3 is 0 Å². The minimum absolute atomic E-state index is 0.0466. The van der Waals surface area contributed by atoms with E-state index in [1.165, 1.54) is 6.92 Å². The molecule has 0 aliphatic rings. The van der Waals surface area contributed by atoms with Crippen LogP contribution in [0.4, 0.5) is 0 Å². The van der Waals surface area contributed by atoms with Crippen molar-refractivity contribution in [2.75, 3.05) is 13.6 Å². The van der Waals surface area contributed by atoms with Gasteiger partial charge in [-0.05, 0) is 33.3 Å². The van der Waals surface area contributed by atoms with Gasteiger partial charge in [-0.15, -0.1) is 0 Å². The Labute approximate surface area is 104 Å². The lowest BCUT2D eigenvalue weighted by molar-refractivity contribution is -0.112. The Morgan fingerprint density at radius 2 is 1.94 bits per heavy atom. The molecular weight excluding hydrogens is 214 g/mol. The van der Waals surface area contributed by atoms with E-state index < -0.39 is 0 Å². The van der Waals surface area contributed by atoms with E-state index in [1.54, 1.807) is 19.2 Å². The molecule has 96 valence electrons. The van der Waals surface area contributed by atoms with E-state index in [0.717, 1.165) is 24.4 Å². The molecule has 4 heteroatoms. The van der Waals surface area contributed by atoms with Crippen LogP contribution in [0, 0.1) is 0 Å². The van der Waals surface area contributed by atoms with E-state index in [-0.39, 0.29) is 5.78 Å². The van der Waals surface area contributed by atoms with Crippen LogP contribution in [0.15, 0.2) is 22.2 Å². The zero-order chi connectivity index (χ0) is 13.3. The predicted molar refractivity (Wildman–Crippen MR) is 73.6 cm³/mol. The largest absolute Gasteiger partial charge is 0.295 e. The van der Waals surface area contributed by atoms with Gasteiger partial charge in [0.15, 0.2) is 5.78 Å². The average Bonchev–Trinajstić information content (AvgIpc) is 2.26. The summed E-state index contributed by atoms with van der Waals surface area (Å²) in [6.45, 7) is 8.15. The van der Waals surface area contributed by atoms with E-state index in [0.29, 0.717) is 6.54 Å². The average molecular weight is 237 g/mol. The molecule has 4 nitrogen and oxygen atoms in total. The van der Waals surface area contributed by atoms with Crippen molar-refractivity contribution in [2.24, 2.45) is 10.1 Å². The van der Waals surface area contributed by atoms with Crippen LogP contribution in [-0.4, -0.2) is 35.9 Å². The van der Waals surface area contributed by atoms with E-state index >= 15 is 0 Å². The Balaban J connectivity index is 4.66. The number of allylic oxidation sites excluding steroid dienone is 1. The van der Waals surface area contributed by atoms with Crippen molar-refractivity contribution in [1.82, 2.24) is 5.01 Å². The lowest BCUT2D eigenvalue weighted by atomic mass is 10.2. The molecule has 0 saturated carbocycles. The number of aliphatic imine (C=N–C) groups is 1. The Bertz CT molecular complexity index is 330. The summed E-state index contributed by atoms with van der Waals surface area (Å²) < 4.78 is 0. The first-order valence-corrected chi connectivity index (χ1v) is 5.93. The topological polar surface area (TPSA) is 45.0 Å². The van der Waals surface area contributed by atoms with Gasteiger partial charge in [0.25, 0.3) is 0 Å². The van der Waals surface area contributed by atoms with Gasteiger partial charge in [0.05, 0.1) is 6.54 Å². The Hall–Kier alpha value is -1.45. The normalized spacial score (nSPS) is 13.2. The second-order valence-electron chi connectivity index (χ2n) is 3.95. The summed E-state index contributed by atoms with van der Waals surface area (Å²) in [6, 6.07) is 0. The zero-order valence-corrected chi connectivity index (χ0v) is 11.5. The van der Waals surface area contributed by atoms with Gasteiger partial charge in [-0.2, -0.15) is 5.10 Å². The first kappa shape index (κ1) is 15.6. The molecule has 0 bridgehead atoms. The van der Waals surface area contributed by atoms with Crippen molar-refractivity contribution >= 4 is 17.3 Å². The maximum atomic E-state index is 10.8. The fourth-order valence-corrected chi connectivity index (χ4v) is 1.30. The monoisotopic (exact) mass is 237 g/mol. The van der Waals surface area contributed by atoms with Crippen LogP contribution >= 0.6 is 0 Å². The van der Waals surface area contributed by atoms with E-state index in [1.807, 2.05) is 18.9 Å². The molecule has 0 fully saturated rings. The van der Waals surface area contributed by atoms with Gasteiger partial charge >= 0.3 is 0 Å². The molecule has 0 radical (unpaired) electrons. The van der Waals surface area contributed by atoms with Gasteiger partial charge in [0.2, 0.25) is 0 Å². The number of nitrogens with zero attached hydrogens (tertiary/aromatic N) is 3. The maximum absolute atomic E-state index is 10.8.